The highest BCUT2D eigenvalue weighted by Gasteiger charge is 2.21. The minimum atomic E-state index is -0.114. The molecule has 4 heteroatoms. The van der Waals surface area contributed by atoms with Crippen LogP contribution in [0.5, 0.6) is 0 Å². The molecular formula is C17H26N2O2. The average Bonchev–Trinajstić information content (AvgIpc) is 2.49. The predicted molar refractivity (Wildman–Crippen MR) is 86.2 cm³/mol. The first kappa shape index (κ1) is 15.8. The Morgan fingerprint density at radius 1 is 1.43 bits per heavy atom. The zero-order valence-corrected chi connectivity index (χ0v) is 13.0. The molecule has 0 aromatic heterocycles. The van der Waals surface area contributed by atoms with Gasteiger partial charge in [0.05, 0.1) is 6.10 Å². The van der Waals surface area contributed by atoms with E-state index in [4.69, 9.17) is 10.5 Å². The summed E-state index contributed by atoms with van der Waals surface area (Å²) in [5.74, 6) is 0.639. The molecule has 1 aromatic carbocycles. The fourth-order valence-electron chi connectivity index (χ4n) is 2.87. The van der Waals surface area contributed by atoms with Gasteiger partial charge >= 0.3 is 0 Å². The smallest absolute Gasteiger partial charge is 0.250 e. The number of amides is 1. The number of ether oxygens (including phenoxy) is 1. The Hall–Kier alpha value is -1.55. The standard InChI is InChI=1S/C17H26N2O2/c1-3-13-5-4-6-15(9-13)21-11-17(20)19-14-8-7-12(2)16(18)10-14/h7-8,10,13,15H,3-6,9,11,18H2,1-2H3,(H,19,20). The zero-order valence-electron chi connectivity index (χ0n) is 13.0. The van der Waals surface area contributed by atoms with E-state index in [0.29, 0.717) is 5.69 Å². The van der Waals surface area contributed by atoms with Crippen molar-refractivity contribution in [3.05, 3.63) is 23.8 Å². The summed E-state index contributed by atoms with van der Waals surface area (Å²) >= 11 is 0. The minimum absolute atomic E-state index is 0.114. The second kappa shape index (κ2) is 7.46. The Balaban J connectivity index is 1.78. The van der Waals surface area contributed by atoms with Crippen LogP contribution in [0.15, 0.2) is 18.2 Å². The summed E-state index contributed by atoms with van der Waals surface area (Å²) in [6.45, 7) is 4.29. The molecule has 1 fully saturated rings. The SMILES string of the molecule is CCC1CCCC(OCC(=O)Nc2ccc(C)c(N)c2)C1. The number of rotatable bonds is 5. The number of benzene rings is 1. The number of nitrogens with two attached hydrogens (primary N) is 1. The molecule has 0 bridgehead atoms. The van der Waals surface area contributed by atoms with E-state index >= 15 is 0 Å². The van der Waals surface area contributed by atoms with Crippen LogP contribution in [0.4, 0.5) is 11.4 Å². The topological polar surface area (TPSA) is 64.3 Å². The summed E-state index contributed by atoms with van der Waals surface area (Å²) in [6, 6.07) is 5.54. The minimum Gasteiger partial charge on any atom is -0.398 e. The van der Waals surface area contributed by atoms with Crippen LogP contribution >= 0.6 is 0 Å². The van der Waals surface area contributed by atoms with E-state index in [1.165, 1.54) is 19.3 Å². The maximum absolute atomic E-state index is 11.9. The molecule has 2 rings (SSSR count). The van der Waals surface area contributed by atoms with Crippen LogP contribution in [0.3, 0.4) is 0 Å². The van der Waals surface area contributed by atoms with Gasteiger partial charge in [0, 0.05) is 11.4 Å². The Kier molecular flexibility index (Phi) is 5.62. The molecule has 21 heavy (non-hydrogen) atoms. The monoisotopic (exact) mass is 290 g/mol. The average molecular weight is 290 g/mol. The van der Waals surface area contributed by atoms with Crippen LogP contribution in [0.25, 0.3) is 0 Å². The molecule has 0 aliphatic heterocycles. The molecule has 1 aromatic rings. The molecule has 3 N–H and O–H groups in total. The van der Waals surface area contributed by atoms with Crippen molar-refractivity contribution < 1.29 is 9.53 Å². The van der Waals surface area contributed by atoms with E-state index in [-0.39, 0.29) is 18.6 Å². The second-order valence-corrected chi connectivity index (χ2v) is 5.99. The number of anilines is 2. The van der Waals surface area contributed by atoms with Crippen molar-refractivity contribution >= 4 is 17.3 Å². The number of nitrogen functional groups attached to an aromatic ring is 1. The Labute approximate surface area is 127 Å². The zero-order chi connectivity index (χ0) is 15.2. The number of carbonyl (C=O) groups is 1. The van der Waals surface area contributed by atoms with E-state index < -0.39 is 0 Å². The Morgan fingerprint density at radius 3 is 2.95 bits per heavy atom. The van der Waals surface area contributed by atoms with Gasteiger partial charge in [0.1, 0.15) is 6.61 Å². The number of hydrogen-bond donors (Lipinski definition) is 2. The highest BCUT2D eigenvalue weighted by Crippen LogP contribution is 2.28. The lowest BCUT2D eigenvalue weighted by atomic mass is 9.85. The molecule has 0 spiro atoms. The van der Waals surface area contributed by atoms with Crippen LogP contribution in [-0.2, 0) is 9.53 Å². The summed E-state index contributed by atoms with van der Waals surface area (Å²) < 4.78 is 5.76. The van der Waals surface area contributed by atoms with Gasteiger partial charge in [-0.05, 0) is 43.4 Å². The fourth-order valence-corrected chi connectivity index (χ4v) is 2.87. The molecule has 0 saturated heterocycles. The molecule has 1 amide bonds. The summed E-state index contributed by atoms with van der Waals surface area (Å²) in [5, 5.41) is 2.83. The number of hydrogen-bond acceptors (Lipinski definition) is 3. The van der Waals surface area contributed by atoms with Gasteiger partial charge < -0.3 is 15.8 Å². The van der Waals surface area contributed by atoms with Gasteiger partial charge in [0.25, 0.3) is 0 Å². The van der Waals surface area contributed by atoms with Gasteiger partial charge in [-0.2, -0.15) is 0 Å². The van der Waals surface area contributed by atoms with Crippen LogP contribution in [0.2, 0.25) is 0 Å². The number of carbonyl (C=O) groups excluding carboxylic acids is 1. The molecular weight excluding hydrogens is 264 g/mol. The van der Waals surface area contributed by atoms with Crippen molar-refractivity contribution in [2.75, 3.05) is 17.7 Å². The quantitative estimate of drug-likeness (QED) is 0.816. The van der Waals surface area contributed by atoms with E-state index in [0.717, 1.165) is 30.0 Å². The number of nitrogens with one attached hydrogen (secondary N) is 1. The van der Waals surface area contributed by atoms with E-state index in [1.54, 1.807) is 6.07 Å². The lowest BCUT2D eigenvalue weighted by Crippen LogP contribution is -2.27. The summed E-state index contributed by atoms with van der Waals surface area (Å²) in [5.41, 5.74) is 8.26. The van der Waals surface area contributed by atoms with Gasteiger partial charge in [0.15, 0.2) is 0 Å². The first-order valence-electron chi connectivity index (χ1n) is 7.86. The highest BCUT2D eigenvalue weighted by atomic mass is 16.5. The molecule has 2 atom stereocenters. The van der Waals surface area contributed by atoms with Gasteiger partial charge in [-0.25, -0.2) is 0 Å². The maximum atomic E-state index is 11.9. The summed E-state index contributed by atoms with van der Waals surface area (Å²) in [6.07, 6.45) is 6.10. The summed E-state index contributed by atoms with van der Waals surface area (Å²) in [4.78, 5) is 11.9. The lowest BCUT2D eigenvalue weighted by molar-refractivity contribution is -0.123. The first-order chi connectivity index (χ1) is 10.1. The van der Waals surface area contributed by atoms with Gasteiger partial charge in [-0.3, -0.25) is 4.79 Å². The second-order valence-electron chi connectivity index (χ2n) is 5.99. The van der Waals surface area contributed by atoms with Crippen molar-refractivity contribution in [2.45, 2.75) is 52.1 Å². The van der Waals surface area contributed by atoms with Gasteiger partial charge in [-0.15, -0.1) is 0 Å². The van der Waals surface area contributed by atoms with Crippen LogP contribution in [0.1, 0.15) is 44.6 Å². The molecule has 1 aliphatic rings. The molecule has 1 aliphatic carbocycles. The van der Waals surface area contributed by atoms with Crippen molar-refractivity contribution in [1.82, 2.24) is 0 Å². The lowest BCUT2D eigenvalue weighted by Gasteiger charge is -2.28. The van der Waals surface area contributed by atoms with Crippen molar-refractivity contribution in [3.63, 3.8) is 0 Å². The van der Waals surface area contributed by atoms with E-state index in [9.17, 15) is 4.79 Å². The predicted octanol–water partition coefficient (Wildman–Crippen LogP) is 3.50. The Morgan fingerprint density at radius 2 is 2.24 bits per heavy atom. The molecule has 0 radical (unpaired) electrons. The van der Waals surface area contributed by atoms with Gasteiger partial charge in [-0.1, -0.05) is 32.3 Å². The van der Waals surface area contributed by atoms with Crippen molar-refractivity contribution in [3.8, 4) is 0 Å². The van der Waals surface area contributed by atoms with E-state index in [1.807, 2.05) is 19.1 Å². The van der Waals surface area contributed by atoms with Gasteiger partial charge in [0.2, 0.25) is 5.91 Å². The molecule has 116 valence electrons. The molecule has 0 heterocycles. The third-order valence-electron chi connectivity index (χ3n) is 4.33. The first-order valence-corrected chi connectivity index (χ1v) is 7.86. The molecule has 2 unspecified atom stereocenters. The van der Waals surface area contributed by atoms with E-state index in [2.05, 4.69) is 12.2 Å². The van der Waals surface area contributed by atoms with Crippen molar-refractivity contribution in [2.24, 2.45) is 5.92 Å². The largest absolute Gasteiger partial charge is 0.398 e. The van der Waals surface area contributed by atoms with Crippen LogP contribution in [0, 0.1) is 12.8 Å². The Bertz CT molecular complexity index is 488. The number of aryl methyl sites for hydroxylation is 1. The summed E-state index contributed by atoms with van der Waals surface area (Å²) in [7, 11) is 0. The fraction of sp³-hybridized carbons (Fsp3) is 0.588. The maximum Gasteiger partial charge on any atom is 0.250 e. The van der Waals surface area contributed by atoms with Crippen LogP contribution in [-0.4, -0.2) is 18.6 Å². The third-order valence-corrected chi connectivity index (χ3v) is 4.33. The van der Waals surface area contributed by atoms with Crippen molar-refractivity contribution in [1.29, 1.82) is 0 Å². The molecule has 4 nitrogen and oxygen atoms in total. The highest BCUT2D eigenvalue weighted by molar-refractivity contribution is 5.92. The molecule has 1 saturated carbocycles. The third kappa shape index (κ3) is 4.74. The van der Waals surface area contributed by atoms with Crippen LogP contribution < -0.4 is 11.1 Å². The normalized spacial score (nSPS) is 22.0.